The van der Waals surface area contributed by atoms with Gasteiger partial charge in [0.1, 0.15) is 11.9 Å². The highest BCUT2D eigenvalue weighted by Crippen LogP contribution is 2.24. The monoisotopic (exact) mass is 386 g/mol. The summed E-state index contributed by atoms with van der Waals surface area (Å²) >= 11 is 1.50. The number of carbonyl (C=O) groups is 3. The molecule has 2 aromatic rings. The van der Waals surface area contributed by atoms with Gasteiger partial charge in [-0.25, -0.2) is 4.39 Å². The maximum Gasteiger partial charge on any atom is 0.262 e. The fourth-order valence-corrected chi connectivity index (χ4v) is 3.71. The van der Waals surface area contributed by atoms with Gasteiger partial charge in [-0.2, -0.15) is 11.8 Å². The summed E-state index contributed by atoms with van der Waals surface area (Å²) in [5, 5.41) is 2.73. The van der Waals surface area contributed by atoms with E-state index < -0.39 is 23.8 Å². The topological polar surface area (TPSA) is 66.5 Å². The highest BCUT2D eigenvalue weighted by molar-refractivity contribution is 7.98. The second-order valence-electron chi connectivity index (χ2n) is 6.14. The number of fused-ring (bicyclic) bond motifs is 1. The molecule has 1 aliphatic rings. The first-order valence-corrected chi connectivity index (χ1v) is 9.72. The van der Waals surface area contributed by atoms with Crippen LogP contribution in [-0.2, 0) is 10.5 Å². The molecule has 0 aromatic heterocycles. The number of amides is 3. The van der Waals surface area contributed by atoms with Crippen molar-refractivity contribution in [2.75, 3.05) is 12.3 Å². The summed E-state index contributed by atoms with van der Waals surface area (Å²) in [6.07, 6.45) is 0. The van der Waals surface area contributed by atoms with Crippen molar-refractivity contribution in [2.45, 2.75) is 18.7 Å². The van der Waals surface area contributed by atoms with Crippen LogP contribution < -0.4 is 5.32 Å². The molecular formula is C20H19FN2O3S. The van der Waals surface area contributed by atoms with E-state index in [1.165, 1.54) is 24.8 Å². The van der Waals surface area contributed by atoms with Crippen LogP contribution in [0, 0.1) is 5.82 Å². The minimum absolute atomic E-state index is 0.242. The van der Waals surface area contributed by atoms with Crippen LogP contribution in [0.3, 0.4) is 0 Å². The van der Waals surface area contributed by atoms with Gasteiger partial charge in [-0.15, -0.1) is 0 Å². The average Bonchev–Trinajstić information content (AvgIpc) is 2.93. The van der Waals surface area contributed by atoms with Crippen LogP contribution in [0.5, 0.6) is 0 Å². The number of hydrogen-bond acceptors (Lipinski definition) is 4. The second-order valence-corrected chi connectivity index (χ2v) is 7.24. The maximum absolute atomic E-state index is 13.5. The fourth-order valence-electron chi connectivity index (χ4n) is 2.87. The number of nitrogens with zero attached hydrogens (tertiary/aromatic N) is 1. The van der Waals surface area contributed by atoms with E-state index in [0.717, 1.165) is 4.90 Å². The number of halogens is 1. The summed E-state index contributed by atoms with van der Waals surface area (Å²) in [4.78, 5) is 38.1. The highest BCUT2D eigenvalue weighted by atomic mass is 32.2. The van der Waals surface area contributed by atoms with Crippen molar-refractivity contribution in [1.82, 2.24) is 10.2 Å². The van der Waals surface area contributed by atoms with Gasteiger partial charge in [-0.1, -0.05) is 30.3 Å². The average molecular weight is 386 g/mol. The van der Waals surface area contributed by atoms with Crippen molar-refractivity contribution in [3.63, 3.8) is 0 Å². The van der Waals surface area contributed by atoms with Crippen molar-refractivity contribution in [3.05, 3.63) is 71.0 Å². The quantitative estimate of drug-likeness (QED) is 0.587. The Hall–Kier alpha value is -2.67. The molecule has 5 nitrogen and oxygen atoms in total. The van der Waals surface area contributed by atoms with E-state index in [-0.39, 0.29) is 5.82 Å². The number of thioether (sulfide) groups is 1. The van der Waals surface area contributed by atoms with Gasteiger partial charge < -0.3 is 5.32 Å². The Morgan fingerprint density at radius 2 is 1.67 bits per heavy atom. The summed E-state index contributed by atoms with van der Waals surface area (Å²) in [5.74, 6) is -0.436. The van der Waals surface area contributed by atoms with Gasteiger partial charge in [0, 0.05) is 18.1 Å². The molecule has 2 aromatic carbocycles. The first-order valence-electron chi connectivity index (χ1n) is 8.56. The van der Waals surface area contributed by atoms with E-state index in [1.807, 2.05) is 0 Å². The van der Waals surface area contributed by atoms with E-state index in [0.29, 0.717) is 34.7 Å². The van der Waals surface area contributed by atoms with Crippen LogP contribution >= 0.6 is 11.8 Å². The molecule has 3 rings (SSSR count). The Morgan fingerprint density at radius 3 is 2.30 bits per heavy atom. The van der Waals surface area contributed by atoms with Crippen molar-refractivity contribution in [1.29, 1.82) is 0 Å². The summed E-state index contributed by atoms with van der Waals surface area (Å²) in [6.45, 7) is 1.90. The third-order valence-corrected chi connectivity index (χ3v) is 5.36. The number of imide groups is 1. The molecule has 0 saturated carbocycles. The Bertz CT molecular complexity index is 852. The van der Waals surface area contributed by atoms with Gasteiger partial charge in [-0.3, -0.25) is 19.3 Å². The largest absolute Gasteiger partial charge is 0.353 e. The van der Waals surface area contributed by atoms with Crippen LogP contribution in [0.1, 0.15) is 33.2 Å². The molecule has 0 aliphatic carbocycles. The van der Waals surface area contributed by atoms with E-state index in [9.17, 15) is 18.8 Å². The highest BCUT2D eigenvalue weighted by Gasteiger charge is 2.40. The molecule has 0 saturated heterocycles. The van der Waals surface area contributed by atoms with E-state index in [1.54, 1.807) is 42.5 Å². The molecule has 3 amide bonds. The molecule has 1 N–H and O–H groups in total. The predicted molar refractivity (Wildman–Crippen MR) is 102 cm³/mol. The lowest BCUT2D eigenvalue weighted by Gasteiger charge is -2.21. The van der Waals surface area contributed by atoms with Crippen molar-refractivity contribution in [3.8, 4) is 0 Å². The Balaban J connectivity index is 1.48. The van der Waals surface area contributed by atoms with E-state index in [2.05, 4.69) is 5.32 Å². The lowest BCUT2D eigenvalue weighted by molar-refractivity contribution is -0.124. The smallest absolute Gasteiger partial charge is 0.262 e. The minimum Gasteiger partial charge on any atom is -0.353 e. The molecular weight excluding hydrogens is 367 g/mol. The van der Waals surface area contributed by atoms with Gasteiger partial charge in [0.05, 0.1) is 11.1 Å². The van der Waals surface area contributed by atoms with Crippen molar-refractivity contribution >= 4 is 29.5 Å². The summed E-state index contributed by atoms with van der Waals surface area (Å²) in [5.41, 5.74) is 1.26. The van der Waals surface area contributed by atoms with Crippen molar-refractivity contribution in [2.24, 2.45) is 0 Å². The molecule has 140 valence electrons. The molecule has 1 heterocycles. The standard InChI is InChI=1S/C20H19FN2O3S/c1-13(23-19(25)15-7-3-4-8-16(15)20(23)26)18(24)22-10-11-27-12-14-6-2-5-9-17(14)21/h2-9,13H,10-12H2,1H3,(H,22,24)/t13-/m0/s1. The molecule has 0 fully saturated rings. The van der Waals surface area contributed by atoms with Crippen LogP contribution in [-0.4, -0.2) is 41.0 Å². The molecule has 7 heteroatoms. The van der Waals surface area contributed by atoms with Gasteiger partial charge >= 0.3 is 0 Å². The lowest BCUT2D eigenvalue weighted by atomic mass is 10.1. The van der Waals surface area contributed by atoms with Gasteiger partial charge in [0.2, 0.25) is 5.91 Å². The molecule has 0 radical (unpaired) electrons. The van der Waals surface area contributed by atoms with Crippen LogP contribution in [0.2, 0.25) is 0 Å². The van der Waals surface area contributed by atoms with Gasteiger partial charge in [-0.05, 0) is 30.7 Å². The normalized spacial score (nSPS) is 14.2. The predicted octanol–water partition coefficient (Wildman–Crippen LogP) is 2.86. The minimum atomic E-state index is -0.894. The number of carbonyl (C=O) groups excluding carboxylic acids is 3. The molecule has 1 atom stereocenters. The van der Waals surface area contributed by atoms with Crippen molar-refractivity contribution < 1.29 is 18.8 Å². The third kappa shape index (κ3) is 4.03. The van der Waals surface area contributed by atoms with Crippen LogP contribution in [0.25, 0.3) is 0 Å². The Kier molecular flexibility index (Phi) is 5.91. The lowest BCUT2D eigenvalue weighted by Crippen LogP contribution is -2.48. The van der Waals surface area contributed by atoms with Crippen LogP contribution in [0.4, 0.5) is 4.39 Å². The first-order chi connectivity index (χ1) is 13.0. The molecule has 0 bridgehead atoms. The zero-order valence-electron chi connectivity index (χ0n) is 14.8. The maximum atomic E-state index is 13.5. The number of nitrogens with one attached hydrogen (secondary N) is 1. The zero-order valence-corrected chi connectivity index (χ0v) is 15.6. The number of hydrogen-bond donors (Lipinski definition) is 1. The number of rotatable bonds is 7. The van der Waals surface area contributed by atoms with Crippen LogP contribution in [0.15, 0.2) is 48.5 Å². The molecule has 0 unspecified atom stereocenters. The SMILES string of the molecule is C[C@@H](C(=O)NCCSCc1ccccc1F)N1C(=O)c2ccccc2C1=O. The van der Waals surface area contributed by atoms with E-state index in [4.69, 9.17) is 0 Å². The first kappa shape index (κ1) is 19.1. The fraction of sp³-hybridized carbons (Fsp3) is 0.250. The summed E-state index contributed by atoms with van der Waals surface area (Å²) in [6, 6.07) is 12.2. The summed E-state index contributed by atoms with van der Waals surface area (Å²) < 4.78 is 13.5. The summed E-state index contributed by atoms with van der Waals surface area (Å²) in [7, 11) is 0. The second kappa shape index (κ2) is 8.35. The molecule has 1 aliphatic heterocycles. The van der Waals surface area contributed by atoms with E-state index >= 15 is 0 Å². The zero-order chi connectivity index (χ0) is 19.4. The Morgan fingerprint density at radius 1 is 1.07 bits per heavy atom. The third-order valence-electron chi connectivity index (χ3n) is 4.35. The molecule has 0 spiro atoms. The van der Waals surface area contributed by atoms with Gasteiger partial charge in [0.25, 0.3) is 11.8 Å². The number of benzene rings is 2. The molecule has 27 heavy (non-hydrogen) atoms. The Labute approximate surface area is 160 Å². The van der Waals surface area contributed by atoms with Gasteiger partial charge in [0.15, 0.2) is 0 Å².